The summed E-state index contributed by atoms with van der Waals surface area (Å²) in [5.74, 6) is -0.0490. The van der Waals surface area contributed by atoms with Gasteiger partial charge in [0, 0.05) is 53.1 Å². The molecule has 9 nitrogen and oxygen atoms in total. The topological polar surface area (TPSA) is 110 Å². The van der Waals surface area contributed by atoms with Gasteiger partial charge in [-0.2, -0.15) is 0 Å². The second-order valence-corrected chi connectivity index (χ2v) is 16.2. The Kier molecular flexibility index (Phi) is 6.58. The van der Waals surface area contributed by atoms with E-state index in [-0.39, 0.29) is 47.5 Å². The summed E-state index contributed by atoms with van der Waals surface area (Å²) in [5, 5.41) is 1.22. The smallest absolute Gasteiger partial charge is 0.334 e. The lowest BCUT2D eigenvalue weighted by Gasteiger charge is -2.53. The normalized spacial score (nSPS) is 38.6. The van der Waals surface area contributed by atoms with Gasteiger partial charge in [0.05, 0.1) is 6.10 Å². The Balaban J connectivity index is 0.773. The van der Waals surface area contributed by atoms with E-state index in [1.165, 1.54) is 10.9 Å². The fourth-order valence-electron chi connectivity index (χ4n) is 10.9. The van der Waals surface area contributed by atoms with Gasteiger partial charge in [0.25, 0.3) is 0 Å². The molecule has 2 saturated carbocycles. The molecule has 1 N–H and O–H groups in total. The number of unbranched alkanes of at least 4 members (excludes halogenated alkanes) is 2. The molecule has 3 aromatic rings. The standard InChI is InChI=1S/C41H44N2O7/c1-24(2)39-34(49-39)35-41(50-35)38(3)17-14-28-29(23-46-36(28)45)30(38)21-32-40(41,48-32)37(39)47-33(44)11-5-4-8-18-43-19-15-25(16-20-43)12-13-26-22-42-31-10-7-6-9-27(26)31/h6-7,9-10,12-13,15-16,19-20,22,24,30,32,34-35,37H,4-5,8,11,14,17-18,21,23H2,1-3H3/p+1/t30-,32-,34-,35-,37+,38-,39-,40+,41+/m0/s1. The van der Waals surface area contributed by atoms with Crippen LogP contribution in [0.2, 0.25) is 0 Å². The molecule has 0 unspecified atom stereocenters. The number of nitrogens with one attached hydrogen (secondary N) is 1. The molecule has 10 rings (SSSR count). The summed E-state index contributed by atoms with van der Waals surface area (Å²) in [6, 6.07) is 12.6. The van der Waals surface area contributed by atoms with E-state index < -0.39 is 22.9 Å². The van der Waals surface area contributed by atoms with E-state index in [0.29, 0.717) is 19.4 Å². The van der Waals surface area contributed by atoms with Gasteiger partial charge < -0.3 is 28.7 Å². The minimum Gasteiger partial charge on any atom is -0.458 e. The number of rotatable bonds is 10. The number of carbonyl (C=O) groups is 2. The van der Waals surface area contributed by atoms with Crippen LogP contribution in [0.25, 0.3) is 23.1 Å². The first-order chi connectivity index (χ1) is 24.2. The van der Waals surface area contributed by atoms with Crippen molar-refractivity contribution >= 4 is 35.0 Å². The largest absolute Gasteiger partial charge is 0.458 e. The molecule has 3 aliphatic carbocycles. The number of H-pyrrole nitrogens is 1. The molecular formula is C41H45N2O7+. The van der Waals surface area contributed by atoms with E-state index in [9.17, 15) is 9.59 Å². The maximum Gasteiger partial charge on any atom is 0.334 e. The number of aromatic nitrogens is 2. The molecular weight excluding hydrogens is 632 g/mol. The number of aromatic amines is 1. The average Bonchev–Trinajstić information content (AvgIpc) is 4.05. The van der Waals surface area contributed by atoms with Gasteiger partial charge in [0.15, 0.2) is 24.1 Å². The minimum absolute atomic E-state index is 0.0834. The molecule has 0 radical (unpaired) electrons. The third-order valence-electron chi connectivity index (χ3n) is 13.6. The lowest BCUT2D eigenvalue weighted by Crippen LogP contribution is -2.70. The number of pyridine rings is 1. The Hall–Kier alpha value is -3.79. The number of aryl methyl sites for hydroxylation is 1. The first-order valence-electron chi connectivity index (χ1n) is 18.6. The van der Waals surface area contributed by atoms with Crippen LogP contribution in [0.3, 0.4) is 0 Å². The van der Waals surface area contributed by atoms with E-state index in [2.05, 4.69) is 85.2 Å². The number of esters is 2. The molecule has 1 aromatic carbocycles. The number of carbonyl (C=O) groups excluding carboxylic acids is 2. The molecule has 3 saturated heterocycles. The Labute approximate surface area is 291 Å². The Bertz CT molecular complexity index is 1980. The molecule has 9 atom stereocenters. The summed E-state index contributed by atoms with van der Waals surface area (Å²) < 4.78 is 34.3. The molecule has 4 aliphatic heterocycles. The van der Waals surface area contributed by atoms with Crippen LogP contribution in [0, 0.1) is 17.3 Å². The van der Waals surface area contributed by atoms with Crippen LogP contribution in [0.4, 0.5) is 0 Å². The minimum atomic E-state index is -0.704. The molecule has 9 heteroatoms. The van der Waals surface area contributed by atoms with Crippen LogP contribution in [-0.4, -0.2) is 64.7 Å². The fourth-order valence-corrected chi connectivity index (χ4v) is 10.9. The van der Waals surface area contributed by atoms with E-state index >= 15 is 0 Å². The molecule has 2 spiro atoms. The second kappa shape index (κ2) is 10.6. The third kappa shape index (κ3) is 4.02. The van der Waals surface area contributed by atoms with Crippen molar-refractivity contribution in [3.05, 3.63) is 77.3 Å². The molecule has 50 heavy (non-hydrogen) atoms. The first-order valence-corrected chi connectivity index (χ1v) is 18.6. The van der Waals surface area contributed by atoms with Gasteiger partial charge in [-0.3, -0.25) is 4.79 Å². The van der Waals surface area contributed by atoms with Crippen LogP contribution in [0.15, 0.2) is 66.1 Å². The van der Waals surface area contributed by atoms with E-state index in [0.717, 1.165) is 60.9 Å². The summed E-state index contributed by atoms with van der Waals surface area (Å²) in [4.78, 5) is 29.4. The highest BCUT2D eigenvalue weighted by atomic mass is 16.8. The predicted octanol–water partition coefficient (Wildman–Crippen LogP) is 5.85. The lowest BCUT2D eigenvalue weighted by molar-refractivity contribution is -0.697. The number of fused-ring (bicyclic) bond motifs is 5. The number of cyclic esters (lactones) is 1. The predicted molar refractivity (Wildman–Crippen MR) is 183 cm³/mol. The van der Waals surface area contributed by atoms with Crippen LogP contribution < -0.4 is 4.57 Å². The number of para-hydroxylation sites is 1. The van der Waals surface area contributed by atoms with Crippen molar-refractivity contribution < 1.29 is 37.8 Å². The number of hydrogen-bond donors (Lipinski definition) is 1. The summed E-state index contributed by atoms with van der Waals surface area (Å²) in [6.07, 6.45) is 15.1. The van der Waals surface area contributed by atoms with Crippen molar-refractivity contribution in [2.24, 2.45) is 17.3 Å². The van der Waals surface area contributed by atoms with Crippen LogP contribution in [0.1, 0.15) is 76.8 Å². The molecule has 0 amide bonds. The van der Waals surface area contributed by atoms with Crippen molar-refractivity contribution in [1.82, 2.24) is 4.98 Å². The van der Waals surface area contributed by atoms with Gasteiger partial charge in [0.2, 0.25) is 0 Å². The summed E-state index contributed by atoms with van der Waals surface area (Å²) >= 11 is 0. The maximum atomic E-state index is 13.6. The second-order valence-electron chi connectivity index (χ2n) is 16.2. The summed E-state index contributed by atoms with van der Waals surface area (Å²) in [5.41, 5.74) is 3.34. The van der Waals surface area contributed by atoms with E-state index in [1.807, 2.05) is 12.3 Å². The molecule has 6 heterocycles. The van der Waals surface area contributed by atoms with E-state index in [4.69, 9.17) is 23.7 Å². The molecule has 260 valence electrons. The monoisotopic (exact) mass is 677 g/mol. The van der Waals surface area contributed by atoms with Gasteiger partial charge in [-0.1, -0.05) is 51.1 Å². The highest BCUT2D eigenvalue weighted by molar-refractivity contribution is 5.92. The lowest BCUT2D eigenvalue weighted by atomic mass is 9.46. The van der Waals surface area contributed by atoms with Crippen LogP contribution in [0.5, 0.6) is 0 Å². The Morgan fingerprint density at radius 3 is 2.74 bits per heavy atom. The highest BCUT2D eigenvalue weighted by Crippen LogP contribution is 2.83. The van der Waals surface area contributed by atoms with Crippen molar-refractivity contribution in [3.8, 4) is 0 Å². The third-order valence-corrected chi connectivity index (χ3v) is 13.6. The zero-order valence-corrected chi connectivity index (χ0v) is 29.0. The van der Waals surface area contributed by atoms with E-state index in [1.54, 1.807) is 0 Å². The zero-order valence-electron chi connectivity index (χ0n) is 29.0. The SMILES string of the molecule is CC(C)[C@]12O[C@H]1[C@@H]1O[C@]13[C@]1(O[C@H]1C[C@H]1C4=C(CC[C@@]13C)C(=O)OC4)[C@@H]2OC(=O)CCCCC[n+]1ccc(/C=C/c2c[nH]c3ccccc23)cc1. The van der Waals surface area contributed by atoms with Gasteiger partial charge in [-0.05, 0) is 66.7 Å². The number of nitrogens with zero attached hydrogens (tertiary/aromatic N) is 1. The van der Waals surface area contributed by atoms with Gasteiger partial charge in [0.1, 0.15) is 36.6 Å². The molecule has 0 bridgehead atoms. The highest BCUT2D eigenvalue weighted by Gasteiger charge is 3.01. The molecule has 7 aliphatic rings. The maximum absolute atomic E-state index is 13.6. The van der Waals surface area contributed by atoms with Crippen LogP contribution in [-0.2, 0) is 39.8 Å². The van der Waals surface area contributed by atoms with Crippen molar-refractivity contribution in [1.29, 1.82) is 0 Å². The van der Waals surface area contributed by atoms with Gasteiger partial charge >= 0.3 is 11.9 Å². The summed E-state index contributed by atoms with van der Waals surface area (Å²) in [6.45, 7) is 7.88. The van der Waals surface area contributed by atoms with Crippen LogP contribution >= 0.6 is 0 Å². The fraction of sp³-hybridized carbons (Fsp3) is 0.537. The van der Waals surface area contributed by atoms with Crippen molar-refractivity contribution in [2.75, 3.05) is 6.61 Å². The average molecular weight is 678 g/mol. The van der Waals surface area contributed by atoms with Gasteiger partial charge in [-0.25, -0.2) is 9.36 Å². The zero-order chi connectivity index (χ0) is 34.0. The Morgan fingerprint density at radius 2 is 1.90 bits per heavy atom. The quantitative estimate of drug-likeness (QED) is 0.124. The summed E-state index contributed by atoms with van der Waals surface area (Å²) in [7, 11) is 0. The van der Waals surface area contributed by atoms with Crippen molar-refractivity contribution in [3.63, 3.8) is 0 Å². The molecule has 5 fully saturated rings. The van der Waals surface area contributed by atoms with Crippen molar-refractivity contribution in [2.45, 2.75) is 113 Å². The first kappa shape index (κ1) is 31.0. The number of benzene rings is 1. The Morgan fingerprint density at radius 1 is 1.06 bits per heavy atom. The number of ether oxygens (including phenoxy) is 5. The number of hydrogen-bond acceptors (Lipinski definition) is 7. The molecule has 2 aromatic heterocycles. The van der Waals surface area contributed by atoms with Gasteiger partial charge in [-0.15, -0.1) is 0 Å². The number of epoxide rings is 3.